The number of benzene rings is 2. The number of fused-ring (bicyclic) bond motifs is 1. The van der Waals surface area contributed by atoms with Gasteiger partial charge in [0, 0.05) is 19.0 Å². The van der Waals surface area contributed by atoms with Crippen molar-refractivity contribution >= 4 is 45.8 Å². The van der Waals surface area contributed by atoms with Gasteiger partial charge < -0.3 is 10.6 Å². The Hall–Kier alpha value is -2.24. The van der Waals surface area contributed by atoms with E-state index in [1.807, 2.05) is 31.3 Å². The molecule has 118 valence electrons. The highest BCUT2D eigenvalue weighted by Crippen LogP contribution is 2.23. The molecule has 0 aliphatic rings. The molecule has 0 saturated heterocycles. The summed E-state index contributed by atoms with van der Waals surface area (Å²) in [6.45, 7) is 0.353. The number of halogens is 2. The van der Waals surface area contributed by atoms with E-state index < -0.39 is 0 Å². The predicted octanol–water partition coefficient (Wildman–Crippen LogP) is 4.20. The number of amides is 2. The summed E-state index contributed by atoms with van der Waals surface area (Å²) in [5.74, 6) is 0. The first-order valence-corrected chi connectivity index (χ1v) is 7.69. The van der Waals surface area contributed by atoms with E-state index in [0.29, 0.717) is 22.3 Å². The third kappa shape index (κ3) is 3.41. The van der Waals surface area contributed by atoms with Gasteiger partial charge in [-0.1, -0.05) is 35.3 Å². The molecule has 1 aromatic heterocycles. The first kappa shape index (κ1) is 15.6. The molecule has 1 heterocycles. The van der Waals surface area contributed by atoms with Gasteiger partial charge in [0.1, 0.15) is 0 Å². The van der Waals surface area contributed by atoms with Crippen molar-refractivity contribution in [3.8, 4) is 0 Å². The molecule has 0 atom stereocenters. The van der Waals surface area contributed by atoms with Crippen LogP contribution in [0, 0.1) is 0 Å². The molecular weight excluding hydrogens is 335 g/mol. The van der Waals surface area contributed by atoms with Crippen LogP contribution < -0.4 is 10.6 Å². The summed E-state index contributed by atoms with van der Waals surface area (Å²) in [5, 5.41) is 11.7. The third-order valence-electron chi connectivity index (χ3n) is 3.48. The number of aromatic nitrogens is 2. The van der Waals surface area contributed by atoms with Gasteiger partial charge >= 0.3 is 6.03 Å². The summed E-state index contributed by atoms with van der Waals surface area (Å²) in [5.41, 5.74) is 2.53. The van der Waals surface area contributed by atoms with Gasteiger partial charge in [0.05, 0.1) is 27.4 Å². The number of nitrogens with one attached hydrogen (secondary N) is 2. The number of aryl methyl sites for hydroxylation is 1. The topological polar surface area (TPSA) is 59.0 Å². The Morgan fingerprint density at radius 2 is 2.04 bits per heavy atom. The van der Waals surface area contributed by atoms with Crippen molar-refractivity contribution in [1.82, 2.24) is 15.1 Å². The predicted molar refractivity (Wildman–Crippen MR) is 93.0 cm³/mol. The third-order valence-corrected chi connectivity index (χ3v) is 4.22. The normalized spacial score (nSPS) is 10.7. The molecule has 3 rings (SSSR count). The Morgan fingerprint density at radius 3 is 2.83 bits per heavy atom. The van der Waals surface area contributed by atoms with E-state index in [9.17, 15) is 4.79 Å². The monoisotopic (exact) mass is 348 g/mol. The summed E-state index contributed by atoms with van der Waals surface area (Å²) in [7, 11) is 1.86. The van der Waals surface area contributed by atoms with Crippen molar-refractivity contribution in [2.24, 2.45) is 7.05 Å². The maximum atomic E-state index is 12.1. The minimum Gasteiger partial charge on any atom is -0.334 e. The molecule has 0 bridgehead atoms. The van der Waals surface area contributed by atoms with Gasteiger partial charge in [-0.3, -0.25) is 4.68 Å². The van der Waals surface area contributed by atoms with Crippen LogP contribution in [0.3, 0.4) is 0 Å². The van der Waals surface area contributed by atoms with Crippen LogP contribution in [0.5, 0.6) is 0 Å². The fourth-order valence-corrected chi connectivity index (χ4v) is 2.61. The largest absolute Gasteiger partial charge is 0.334 e. The standard InChI is InChI=1S/C16H14Cl2N4O/c1-22-15-4-2-3-14(11(15)9-20-22)21-16(23)19-8-10-5-6-12(17)13(18)7-10/h2-7,9H,8H2,1H3,(H2,19,21,23). The van der Waals surface area contributed by atoms with Crippen LogP contribution in [-0.4, -0.2) is 15.8 Å². The fraction of sp³-hybridized carbons (Fsp3) is 0.125. The Kier molecular flexibility index (Phi) is 4.41. The number of carbonyl (C=O) groups is 1. The first-order chi connectivity index (χ1) is 11.0. The number of nitrogens with zero attached hydrogens (tertiary/aromatic N) is 2. The number of urea groups is 1. The number of anilines is 1. The summed E-state index contributed by atoms with van der Waals surface area (Å²) in [6.07, 6.45) is 1.73. The molecule has 0 saturated carbocycles. The van der Waals surface area contributed by atoms with Gasteiger partial charge in [-0.25, -0.2) is 4.79 Å². The van der Waals surface area contributed by atoms with Gasteiger partial charge in [0.2, 0.25) is 0 Å². The molecule has 2 aromatic carbocycles. The Bertz CT molecular complexity index is 876. The van der Waals surface area contributed by atoms with Gasteiger partial charge in [-0.2, -0.15) is 5.10 Å². The van der Waals surface area contributed by atoms with Gasteiger partial charge in [-0.05, 0) is 29.8 Å². The van der Waals surface area contributed by atoms with E-state index >= 15 is 0 Å². The van der Waals surface area contributed by atoms with Crippen LogP contribution in [0.2, 0.25) is 10.0 Å². The average molecular weight is 349 g/mol. The Balaban J connectivity index is 1.68. The summed E-state index contributed by atoms with van der Waals surface area (Å²) >= 11 is 11.8. The molecule has 23 heavy (non-hydrogen) atoms. The van der Waals surface area contributed by atoms with E-state index in [0.717, 1.165) is 16.5 Å². The minimum atomic E-state index is -0.299. The number of hydrogen-bond donors (Lipinski definition) is 2. The molecule has 0 aliphatic heterocycles. The minimum absolute atomic E-state index is 0.299. The van der Waals surface area contributed by atoms with E-state index in [1.54, 1.807) is 23.0 Å². The smallest absolute Gasteiger partial charge is 0.319 e. The van der Waals surface area contributed by atoms with E-state index in [1.165, 1.54) is 0 Å². The molecule has 0 fully saturated rings. The lowest BCUT2D eigenvalue weighted by Crippen LogP contribution is -2.28. The zero-order chi connectivity index (χ0) is 16.4. The summed E-state index contributed by atoms with van der Waals surface area (Å²) in [6, 6.07) is 10.6. The number of hydrogen-bond acceptors (Lipinski definition) is 2. The lowest BCUT2D eigenvalue weighted by Gasteiger charge is -2.09. The van der Waals surface area contributed by atoms with Gasteiger partial charge in [0.25, 0.3) is 0 Å². The highest BCUT2D eigenvalue weighted by atomic mass is 35.5. The SMILES string of the molecule is Cn1ncc2c(NC(=O)NCc3ccc(Cl)c(Cl)c3)cccc21. The van der Waals surface area contributed by atoms with Crippen molar-refractivity contribution in [1.29, 1.82) is 0 Å². The fourth-order valence-electron chi connectivity index (χ4n) is 2.28. The van der Waals surface area contributed by atoms with Gasteiger partial charge in [0.15, 0.2) is 0 Å². The second kappa shape index (κ2) is 6.48. The van der Waals surface area contributed by atoms with Crippen molar-refractivity contribution < 1.29 is 4.79 Å². The van der Waals surface area contributed by atoms with Crippen molar-refractivity contribution in [3.05, 3.63) is 58.2 Å². The van der Waals surface area contributed by atoms with E-state index in [4.69, 9.17) is 23.2 Å². The molecule has 0 spiro atoms. The van der Waals surface area contributed by atoms with Crippen LogP contribution in [0.4, 0.5) is 10.5 Å². The molecule has 5 nitrogen and oxygen atoms in total. The van der Waals surface area contributed by atoms with Crippen molar-refractivity contribution in [2.75, 3.05) is 5.32 Å². The summed E-state index contributed by atoms with van der Waals surface area (Å²) in [4.78, 5) is 12.1. The Labute approximate surface area is 143 Å². The highest BCUT2D eigenvalue weighted by Gasteiger charge is 2.08. The molecular formula is C16H14Cl2N4O. The highest BCUT2D eigenvalue weighted by molar-refractivity contribution is 6.42. The van der Waals surface area contributed by atoms with Crippen molar-refractivity contribution in [2.45, 2.75) is 6.54 Å². The van der Waals surface area contributed by atoms with Crippen LogP contribution in [0.15, 0.2) is 42.6 Å². The zero-order valence-corrected chi connectivity index (χ0v) is 13.8. The van der Waals surface area contributed by atoms with Crippen LogP contribution in [0.1, 0.15) is 5.56 Å². The quantitative estimate of drug-likeness (QED) is 0.744. The Morgan fingerprint density at radius 1 is 1.22 bits per heavy atom. The molecule has 0 radical (unpaired) electrons. The van der Waals surface area contributed by atoms with Crippen LogP contribution in [-0.2, 0) is 13.6 Å². The molecule has 2 amide bonds. The van der Waals surface area contributed by atoms with E-state index in [2.05, 4.69) is 15.7 Å². The molecule has 0 unspecified atom stereocenters. The second-order valence-corrected chi connectivity index (χ2v) is 5.88. The maximum absolute atomic E-state index is 12.1. The molecule has 3 aromatic rings. The molecule has 2 N–H and O–H groups in total. The lowest BCUT2D eigenvalue weighted by atomic mass is 10.2. The van der Waals surface area contributed by atoms with Crippen LogP contribution in [0.25, 0.3) is 10.9 Å². The van der Waals surface area contributed by atoms with Crippen molar-refractivity contribution in [3.63, 3.8) is 0 Å². The number of carbonyl (C=O) groups excluding carboxylic acids is 1. The second-order valence-electron chi connectivity index (χ2n) is 5.06. The molecule has 7 heteroatoms. The average Bonchev–Trinajstić information content (AvgIpc) is 2.91. The number of rotatable bonds is 3. The zero-order valence-electron chi connectivity index (χ0n) is 12.3. The van der Waals surface area contributed by atoms with E-state index in [-0.39, 0.29) is 6.03 Å². The molecule has 0 aliphatic carbocycles. The lowest BCUT2D eigenvalue weighted by molar-refractivity contribution is 0.252. The first-order valence-electron chi connectivity index (χ1n) is 6.94. The van der Waals surface area contributed by atoms with Crippen LogP contribution >= 0.6 is 23.2 Å². The maximum Gasteiger partial charge on any atom is 0.319 e. The summed E-state index contributed by atoms with van der Waals surface area (Å²) < 4.78 is 1.76. The van der Waals surface area contributed by atoms with Gasteiger partial charge in [-0.15, -0.1) is 0 Å².